The van der Waals surface area contributed by atoms with E-state index in [2.05, 4.69) is 9.71 Å². The Morgan fingerprint density at radius 1 is 1.12 bits per heavy atom. The number of ether oxygens (including phenoxy) is 1. The van der Waals surface area contributed by atoms with E-state index in [4.69, 9.17) is 22.1 Å². The van der Waals surface area contributed by atoms with Crippen molar-refractivity contribution in [2.24, 2.45) is 5.73 Å². The van der Waals surface area contributed by atoms with Crippen LogP contribution in [-0.2, 0) is 26.3 Å². The SMILES string of the molecule is CCCS(=O)(=O)Nc1ccc(F)c(C(=O)c2cn(COC(=O)C(C)(C)N)c3ncc(-c4ccc(Cl)cc4)cc23)c1F.Cl. The molecule has 0 fully saturated rings. The van der Waals surface area contributed by atoms with E-state index in [1.165, 1.54) is 30.8 Å². The quantitative estimate of drug-likeness (QED) is 0.168. The van der Waals surface area contributed by atoms with Crippen molar-refractivity contribution in [3.63, 3.8) is 0 Å². The standard InChI is InChI=1S/C28H27ClF2N4O5S.ClH/c1-4-11-41(38,39)34-22-10-9-21(30)23(24(22)31)25(36)20-14-35(15-40-27(37)28(2,3)32)26-19(20)12-17(13-33-26)16-5-7-18(29)8-6-16;/h5-10,12-14,34H,4,11,15,32H2,1-3H3;1H. The van der Waals surface area contributed by atoms with Crippen molar-refractivity contribution in [3.8, 4) is 11.1 Å². The van der Waals surface area contributed by atoms with Crippen molar-refractivity contribution in [2.75, 3.05) is 10.5 Å². The summed E-state index contributed by atoms with van der Waals surface area (Å²) in [4.78, 5) is 30.4. The van der Waals surface area contributed by atoms with Gasteiger partial charge in [0.25, 0.3) is 0 Å². The molecule has 0 aliphatic heterocycles. The second kappa shape index (κ2) is 12.7. The molecule has 2 aromatic heterocycles. The minimum absolute atomic E-state index is 0. The van der Waals surface area contributed by atoms with E-state index in [9.17, 15) is 22.4 Å². The van der Waals surface area contributed by atoms with Crippen LogP contribution in [0.3, 0.4) is 0 Å². The molecule has 224 valence electrons. The van der Waals surface area contributed by atoms with Gasteiger partial charge in [0.1, 0.15) is 17.0 Å². The van der Waals surface area contributed by atoms with Crippen LogP contribution in [0.4, 0.5) is 14.5 Å². The zero-order chi connectivity index (χ0) is 30.1. The maximum Gasteiger partial charge on any atom is 0.327 e. The van der Waals surface area contributed by atoms with Crippen molar-refractivity contribution in [2.45, 2.75) is 39.5 Å². The number of halogens is 4. The molecule has 0 bridgehead atoms. The first-order valence-electron chi connectivity index (χ1n) is 12.5. The number of esters is 1. The van der Waals surface area contributed by atoms with Crippen molar-refractivity contribution in [1.82, 2.24) is 9.55 Å². The van der Waals surface area contributed by atoms with Gasteiger partial charge >= 0.3 is 5.97 Å². The van der Waals surface area contributed by atoms with Crippen LogP contribution in [0.15, 0.2) is 54.9 Å². The number of carbonyl (C=O) groups excluding carboxylic acids is 2. The highest BCUT2D eigenvalue weighted by Gasteiger charge is 2.28. The smallest absolute Gasteiger partial charge is 0.327 e. The molecule has 2 heterocycles. The molecule has 4 aromatic rings. The number of carbonyl (C=O) groups is 2. The van der Waals surface area contributed by atoms with Crippen molar-refractivity contribution in [1.29, 1.82) is 0 Å². The normalized spacial score (nSPS) is 11.7. The Labute approximate surface area is 252 Å². The summed E-state index contributed by atoms with van der Waals surface area (Å²) in [7, 11) is -3.93. The number of benzene rings is 2. The van der Waals surface area contributed by atoms with Gasteiger partial charge in [0.15, 0.2) is 12.5 Å². The topological polar surface area (TPSA) is 133 Å². The Kier molecular flexibility index (Phi) is 9.99. The zero-order valence-corrected chi connectivity index (χ0v) is 25.2. The van der Waals surface area contributed by atoms with Gasteiger partial charge in [0, 0.05) is 28.4 Å². The number of fused-ring (bicyclic) bond motifs is 1. The number of nitrogens with zero attached hydrogens (tertiary/aromatic N) is 2. The predicted octanol–water partition coefficient (Wildman–Crippen LogP) is 5.68. The first-order valence-corrected chi connectivity index (χ1v) is 14.5. The lowest BCUT2D eigenvalue weighted by molar-refractivity contribution is -0.152. The Morgan fingerprint density at radius 3 is 2.40 bits per heavy atom. The molecule has 42 heavy (non-hydrogen) atoms. The molecule has 0 unspecified atom stereocenters. The number of nitrogens with one attached hydrogen (secondary N) is 1. The van der Waals surface area contributed by atoms with Crippen LogP contribution < -0.4 is 10.5 Å². The molecule has 2 aromatic carbocycles. The lowest BCUT2D eigenvalue weighted by Crippen LogP contribution is -2.43. The van der Waals surface area contributed by atoms with Gasteiger partial charge in [0.05, 0.1) is 22.6 Å². The lowest BCUT2D eigenvalue weighted by atomic mass is 10.00. The highest BCUT2D eigenvalue weighted by Crippen LogP contribution is 2.31. The summed E-state index contributed by atoms with van der Waals surface area (Å²) in [5, 5.41) is 0.719. The summed E-state index contributed by atoms with van der Waals surface area (Å²) in [5.74, 6) is -4.65. The lowest BCUT2D eigenvalue weighted by Gasteiger charge is -2.17. The minimum atomic E-state index is -3.93. The third-order valence-electron chi connectivity index (χ3n) is 6.05. The predicted molar refractivity (Wildman–Crippen MR) is 159 cm³/mol. The van der Waals surface area contributed by atoms with E-state index in [0.717, 1.165) is 12.1 Å². The van der Waals surface area contributed by atoms with Gasteiger partial charge in [-0.15, -0.1) is 12.4 Å². The van der Waals surface area contributed by atoms with Gasteiger partial charge in [0.2, 0.25) is 15.8 Å². The van der Waals surface area contributed by atoms with Crippen LogP contribution >= 0.6 is 24.0 Å². The average molecular weight is 642 g/mol. The number of rotatable bonds is 10. The van der Waals surface area contributed by atoms with Gasteiger partial charge in [-0.25, -0.2) is 22.2 Å². The number of nitrogens with two attached hydrogens (primary N) is 1. The third kappa shape index (κ3) is 7.06. The summed E-state index contributed by atoms with van der Waals surface area (Å²) in [6.07, 6.45) is 3.04. The van der Waals surface area contributed by atoms with E-state index in [1.54, 1.807) is 37.3 Å². The van der Waals surface area contributed by atoms with Gasteiger partial charge < -0.3 is 10.5 Å². The summed E-state index contributed by atoms with van der Waals surface area (Å²) in [6.45, 7) is 4.16. The Bertz CT molecular complexity index is 1750. The summed E-state index contributed by atoms with van der Waals surface area (Å²) in [5.41, 5.74) is 4.29. The number of sulfonamides is 1. The van der Waals surface area contributed by atoms with Crippen molar-refractivity contribution in [3.05, 3.63) is 82.6 Å². The van der Waals surface area contributed by atoms with Crippen molar-refractivity contribution >= 4 is 62.5 Å². The molecule has 0 atom stereocenters. The fourth-order valence-corrected chi connectivity index (χ4v) is 5.28. The minimum Gasteiger partial charge on any atom is -0.442 e. The fraction of sp³-hybridized carbons (Fsp3) is 0.250. The van der Waals surface area contributed by atoms with Crippen LogP contribution in [0, 0.1) is 11.6 Å². The Morgan fingerprint density at radius 2 is 1.79 bits per heavy atom. The van der Waals surface area contributed by atoms with Gasteiger partial charge in [-0.3, -0.25) is 18.9 Å². The van der Waals surface area contributed by atoms with E-state index in [-0.39, 0.29) is 41.2 Å². The maximum atomic E-state index is 15.5. The van der Waals surface area contributed by atoms with Crippen molar-refractivity contribution < 1.29 is 31.5 Å². The van der Waals surface area contributed by atoms with Crippen LogP contribution in [0.5, 0.6) is 0 Å². The highest BCUT2D eigenvalue weighted by atomic mass is 35.5. The molecule has 0 aliphatic rings. The molecular weight excluding hydrogens is 613 g/mol. The molecule has 0 amide bonds. The van der Waals surface area contributed by atoms with E-state index in [1.807, 2.05) is 0 Å². The third-order valence-corrected chi connectivity index (χ3v) is 7.78. The van der Waals surface area contributed by atoms with Crippen LogP contribution in [0.2, 0.25) is 5.02 Å². The number of hydrogen-bond donors (Lipinski definition) is 2. The fourth-order valence-electron chi connectivity index (χ4n) is 4.03. The van der Waals surface area contributed by atoms with E-state index in [0.29, 0.717) is 16.1 Å². The first-order chi connectivity index (χ1) is 19.2. The highest BCUT2D eigenvalue weighted by molar-refractivity contribution is 7.92. The largest absolute Gasteiger partial charge is 0.442 e. The molecule has 9 nitrogen and oxygen atoms in total. The first kappa shape index (κ1) is 32.9. The molecular formula is C28H28Cl2F2N4O5S. The van der Waals surface area contributed by atoms with Crippen LogP contribution in [0.1, 0.15) is 43.1 Å². The number of aromatic nitrogens is 2. The second-order valence-corrected chi connectivity index (χ2v) is 12.2. The van der Waals surface area contributed by atoms with E-state index >= 15 is 4.39 Å². The van der Waals surface area contributed by atoms with Crippen LogP contribution in [0.25, 0.3) is 22.2 Å². The van der Waals surface area contributed by atoms with Gasteiger partial charge in [-0.05, 0) is 56.2 Å². The molecule has 0 aliphatic carbocycles. The van der Waals surface area contributed by atoms with E-state index < -0.39 is 56.9 Å². The zero-order valence-electron chi connectivity index (χ0n) is 22.8. The molecule has 0 radical (unpaired) electrons. The molecule has 0 saturated carbocycles. The number of pyridine rings is 1. The van der Waals surface area contributed by atoms with Gasteiger partial charge in [-0.2, -0.15) is 0 Å². The molecule has 14 heteroatoms. The monoisotopic (exact) mass is 640 g/mol. The Hall–Kier alpha value is -3.58. The molecule has 0 spiro atoms. The Balaban J connectivity index is 0.00000484. The molecule has 4 rings (SSSR count). The average Bonchev–Trinajstić information content (AvgIpc) is 3.26. The number of hydrogen-bond acceptors (Lipinski definition) is 7. The number of ketones is 1. The van der Waals surface area contributed by atoms with Crippen LogP contribution in [-0.4, -0.2) is 41.0 Å². The summed E-state index contributed by atoms with van der Waals surface area (Å²) < 4.78 is 63.6. The summed E-state index contributed by atoms with van der Waals surface area (Å²) >= 11 is 6.00. The maximum absolute atomic E-state index is 15.5. The second-order valence-electron chi connectivity index (χ2n) is 9.93. The molecule has 0 saturated heterocycles. The number of anilines is 1. The molecule has 3 N–H and O–H groups in total. The summed E-state index contributed by atoms with van der Waals surface area (Å²) in [6, 6.07) is 10.1. The van der Waals surface area contributed by atoms with Gasteiger partial charge in [-0.1, -0.05) is 30.7 Å².